The molecule has 3 heterocycles. The number of aliphatic hydroxyl groups is 1. The van der Waals surface area contributed by atoms with Gasteiger partial charge in [0.15, 0.2) is 0 Å². The lowest BCUT2D eigenvalue weighted by molar-refractivity contribution is 0.0651. The lowest BCUT2D eigenvalue weighted by Crippen LogP contribution is -2.42. The first-order valence-electron chi connectivity index (χ1n) is 11.1. The number of carbonyl (C=O) groups excluding carboxylic acids is 2. The van der Waals surface area contributed by atoms with Crippen LogP contribution in [0.3, 0.4) is 0 Å². The van der Waals surface area contributed by atoms with E-state index < -0.39 is 6.10 Å². The first kappa shape index (κ1) is 21.2. The highest BCUT2D eigenvalue weighted by atomic mass is 16.5. The Balaban J connectivity index is 1.42. The molecule has 2 N–H and O–H groups in total. The maximum absolute atomic E-state index is 13.5. The molecule has 2 aromatic carbocycles. The number of β-amino-alcohol motifs (C(OH)–C–C–N with tert-alkyl or cyclic N) is 1. The number of rotatable bonds is 5. The maximum atomic E-state index is 13.5. The quantitative estimate of drug-likeness (QED) is 0.628. The lowest BCUT2D eigenvalue weighted by atomic mass is 9.99. The van der Waals surface area contributed by atoms with E-state index in [0.29, 0.717) is 23.3 Å². The second-order valence-corrected chi connectivity index (χ2v) is 8.54. The van der Waals surface area contributed by atoms with Crippen LogP contribution in [0.1, 0.15) is 45.2 Å². The Morgan fingerprint density at radius 1 is 1.12 bits per heavy atom. The fraction of sp³-hybridized carbons (Fsp3) is 0.320. The molecule has 0 spiro atoms. The van der Waals surface area contributed by atoms with Gasteiger partial charge in [-0.15, -0.1) is 0 Å². The number of amides is 2. The molecule has 1 aromatic heterocycles. The van der Waals surface area contributed by atoms with Gasteiger partial charge in [0.05, 0.1) is 25.5 Å². The summed E-state index contributed by atoms with van der Waals surface area (Å²) in [6, 6.07) is 12.4. The normalized spacial score (nSPS) is 19.9. The number of likely N-dealkylation sites (tertiary alicyclic amines) is 2. The van der Waals surface area contributed by atoms with Crippen molar-refractivity contribution in [3.63, 3.8) is 0 Å². The summed E-state index contributed by atoms with van der Waals surface area (Å²) in [5.41, 5.74) is 3.65. The van der Waals surface area contributed by atoms with E-state index in [0.717, 1.165) is 36.2 Å². The lowest BCUT2D eigenvalue weighted by Gasteiger charge is -2.31. The fourth-order valence-electron chi connectivity index (χ4n) is 4.56. The highest BCUT2D eigenvalue weighted by Crippen LogP contribution is 2.36. The molecule has 0 saturated carbocycles. The van der Waals surface area contributed by atoms with Gasteiger partial charge < -0.3 is 19.6 Å². The molecule has 2 aliphatic heterocycles. The Morgan fingerprint density at radius 3 is 2.64 bits per heavy atom. The average Bonchev–Trinajstić information content (AvgIpc) is 3.47. The molecule has 2 atom stereocenters. The summed E-state index contributed by atoms with van der Waals surface area (Å²) < 4.78 is 5.53. The van der Waals surface area contributed by atoms with E-state index in [4.69, 9.17) is 4.74 Å². The van der Waals surface area contributed by atoms with Gasteiger partial charge in [-0.3, -0.25) is 14.7 Å². The molecule has 170 valence electrons. The third-order valence-corrected chi connectivity index (χ3v) is 6.46. The molecule has 0 aliphatic carbocycles. The van der Waals surface area contributed by atoms with E-state index >= 15 is 0 Å². The zero-order valence-corrected chi connectivity index (χ0v) is 18.4. The standard InChI is InChI=1S/C25H26N4O4/c1-33-23-11-18(6-7-21(23)19-13-26-27-14-19)25(32)29-15-20(30)12-22(29)16-4-2-5-17(10-16)24(31)28-8-3-9-28/h2,4-7,10-11,13-14,20,22,30H,3,8-9,12,15H2,1H3,(H,26,27)/t20?,22-/m1/s1. The highest BCUT2D eigenvalue weighted by Gasteiger charge is 2.36. The summed E-state index contributed by atoms with van der Waals surface area (Å²) in [6.07, 6.45) is 4.30. The van der Waals surface area contributed by atoms with Crippen molar-refractivity contribution in [2.24, 2.45) is 0 Å². The van der Waals surface area contributed by atoms with E-state index in [1.165, 1.54) is 0 Å². The van der Waals surface area contributed by atoms with Crippen LogP contribution in [0.4, 0.5) is 0 Å². The average molecular weight is 447 g/mol. The minimum Gasteiger partial charge on any atom is -0.496 e. The minimum absolute atomic E-state index is 0.0130. The van der Waals surface area contributed by atoms with Crippen molar-refractivity contribution in [2.45, 2.75) is 25.0 Å². The van der Waals surface area contributed by atoms with Crippen LogP contribution in [0.25, 0.3) is 11.1 Å². The van der Waals surface area contributed by atoms with Gasteiger partial charge in [0.2, 0.25) is 0 Å². The number of methoxy groups -OCH3 is 1. The van der Waals surface area contributed by atoms with Crippen LogP contribution in [-0.4, -0.2) is 69.8 Å². The van der Waals surface area contributed by atoms with Crippen molar-refractivity contribution in [3.8, 4) is 16.9 Å². The fourth-order valence-corrected chi connectivity index (χ4v) is 4.56. The van der Waals surface area contributed by atoms with Gasteiger partial charge >= 0.3 is 0 Å². The molecule has 8 heteroatoms. The summed E-state index contributed by atoms with van der Waals surface area (Å²) in [6.45, 7) is 1.80. The number of aromatic amines is 1. The molecule has 1 unspecified atom stereocenters. The second-order valence-electron chi connectivity index (χ2n) is 8.54. The molecule has 5 rings (SSSR count). The van der Waals surface area contributed by atoms with Crippen molar-refractivity contribution in [2.75, 3.05) is 26.7 Å². The Morgan fingerprint density at radius 2 is 1.94 bits per heavy atom. The third-order valence-electron chi connectivity index (χ3n) is 6.46. The van der Waals surface area contributed by atoms with Crippen molar-refractivity contribution in [1.29, 1.82) is 0 Å². The van der Waals surface area contributed by atoms with Crippen LogP contribution in [0.15, 0.2) is 54.9 Å². The van der Waals surface area contributed by atoms with Gasteiger partial charge in [-0.1, -0.05) is 12.1 Å². The van der Waals surface area contributed by atoms with Gasteiger partial charge in [0.25, 0.3) is 11.8 Å². The number of hydrogen-bond acceptors (Lipinski definition) is 5. The number of nitrogens with zero attached hydrogens (tertiary/aromatic N) is 3. The van der Waals surface area contributed by atoms with Crippen LogP contribution in [-0.2, 0) is 0 Å². The molecular weight excluding hydrogens is 420 g/mol. The minimum atomic E-state index is -0.624. The van der Waals surface area contributed by atoms with Gasteiger partial charge in [-0.25, -0.2) is 0 Å². The number of carbonyl (C=O) groups is 2. The number of ether oxygens (including phenoxy) is 1. The monoisotopic (exact) mass is 446 g/mol. The first-order valence-corrected chi connectivity index (χ1v) is 11.1. The molecule has 2 aliphatic rings. The third kappa shape index (κ3) is 3.98. The molecular formula is C25H26N4O4. The Hall–Kier alpha value is -3.65. The van der Waals surface area contributed by atoms with Gasteiger partial charge in [-0.2, -0.15) is 5.10 Å². The summed E-state index contributed by atoms with van der Waals surface area (Å²) in [7, 11) is 1.57. The zero-order valence-electron chi connectivity index (χ0n) is 18.4. The smallest absolute Gasteiger partial charge is 0.254 e. The Bertz CT molecular complexity index is 1170. The maximum Gasteiger partial charge on any atom is 0.254 e. The number of hydrogen-bond donors (Lipinski definition) is 2. The number of nitrogens with one attached hydrogen (secondary N) is 1. The van der Waals surface area contributed by atoms with Crippen LogP contribution in [0, 0.1) is 0 Å². The van der Waals surface area contributed by atoms with Crippen LogP contribution < -0.4 is 4.74 Å². The topological polar surface area (TPSA) is 98.8 Å². The molecule has 2 saturated heterocycles. The molecule has 0 bridgehead atoms. The summed E-state index contributed by atoms with van der Waals surface area (Å²) in [5.74, 6) is 0.396. The van der Waals surface area contributed by atoms with Crippen LogP contribution >= 0.6 is 0 Å². The Kier molecular flexibility index (Phi) is 5.60. The number of aromatic nitrogens is 2. The van der Waals surface area contributed by atoms with Crippen molar-refractivity contribution in [3.05, 3.63) is 71.5 Å². The van der Waals surface area contributed by atoms with Gasteiger partial charge in [0.1, 0.15) is 5.75 Å². The Labute approximate surface area is 191 Å². The van der Waals surface area contributed by atoms with Crippen molar-refractivity contribution in [1.82, 2.24) is 20.0 Å². The molecule has 2 fully saturated rings. The number of aliphatic hydroxyl groups excluding tert-OH is 1. The first-order chi connectivity index (χ1) is 16.0. The molecule has 33 heavy (non-hydrogen) atoms. The predicted octanol–water partition coefficient (Wildman–Crippen LogP) is 2.88. The largest absolute Gasteiger partial charge is 0.496 e. The SMILES string of the molecule is COc1cc(C(=O)N2CC(O)C[C@@H]2c2cccc(C(=O)N3CCC3)c2)ccc1-c1cn[nH]c1. The molecule has 2 amide bonds. The van der Waals surface area contributed by atoms with E-state index in [9.17, 15) is 14.7 Å². The van der Waals surface area contributed by atoms with Gasteiger partial charge in [-0.05, 0) is 48.7 Å². The summed E-state index contributed by atoms with van der Waals surface area (Å²) >= 11 is 0. The highest BCUT2D eigenvalue weighted by molar-refractivity contribution is 5.97. The predicted molar refractivity (Wildman–Crippen MR) is 122 cm³/mol. The van der Waals surface area contributed by atoms with Gasteiger partial charge in [0, 0.05) is 48.1 Å². The molecule has 8 nitrogen and oxygen atoms in total. The second kappa shape index (κ2) is 8.71. The zero-order chi connectivity index (χ0) is 22.9. The van der Waals surface area contributed by atoms with E-state index in [1.54, 1.807) is 42.6 Å². The number of benzene rings is 2. The van der Waals surface area contributed by atoms with Crippen molar-refractivity contribution >= 4 is 11.8 Å². The summed E-state index contributed by atoms with van der Waals surface area (Å²) in [5, 5.41) is 17.2. The molecule has 3 aromatic rings. The van der Waals surface area contributed by atoms with Crippen molar-refractivity contribution < 1.29 is 19.4 Å². The van der Waals surface area contributed by atoms with E-state index in [-0.39, 0.29) is 24.4 Å². The van der Waals surface area contributed by atoms with Crippen LogP contribution in [0.5, 0.6) is 5.75 Å². The van der Waals surface area contributed by atoms with E-state index in [2.05, 4.69) is 10.2 Å². The molecule has 0 radical (unpaired) electrons. The van der Waals surface area contributed by atoms with E-state index in [1.807, 2.05) is 29.2 Å². The number of H-pyrrole nitrogens is 1. The summed E-state index contributed by atoms with van der Waals surface area (Å²) in [4.78, 5) is 29.7. The van der Waals surface area contributed by atoms with Crippen LogP contribution in [0.2, 0.25) is 0 Å².